The molecule has 3 rings (SSSR count). The maximum absolute atomic E-state index is 12.8. The summed E-state index contributed by atoms with van der Waals surface area (Å²) >= 11 is 5.93. The maximum atomic E-state index is 12.8. The molecule has 0 aliphatic heterocycles. The SMILES string of the molecule is Cc1c(N=Cc2cc(Cl)ccc2OC(F)F)c(=O)n(-c2ccccc2)n1C. The van der Waals surface area contributed by atoms with Crippen molar-refractivity contribution in [1.82, 2.24) is 9.36 Å². The van der Waals surface area contributed by atoms with Crippen molar-refractivity contribution in [3.05, 3.63) is 75.2 Å². The number of nitrogens with zero attached hydrogens (tertiary/aromatic N) is 3. The summed E-state index contributed by atoms with van der Waals surface area (Å²) in [6.07, 6.45) is 1.29. The Morgan fingerprint density at radius 2 is 1.89 bits per heavy atom. The molecule has 0 fully saturated rings. The molecule has 8 heteroatoms. The van der Waals surface area contributed by atoms with Crippen LogP contribution in [0.4, 0.5) is 14.5 Å². The summed E-state index contributed by atoms with van der Waals surface area (Å²) in [6, 6.07) is 13.3. The molecule has 2 aromatic carbocycles. The lowest BCUT2D eigenvalue weighted by Gasteiger charge is -2.07. The van der Waals surface area contributed by atoms with Crippen LogP contribution < -0.4 is 10.3 Å². The molecule has 0 spiro atoms. The predicted molar refractivity (Wildman–Crippen MR) is 101 cm³/mol. The number of para-hydroxylation sites is 1. The fraction of sp³-hybridized carbons (Fsp3) is 0.158. The van der Waals surface area contributed by atoms with E-state index >= 15 is 0 Å². The van der Waals surface area contributed by atoms with Crippen molar-refractivity contribution in [2.75, 3.05) is 0 Å². The normalized spacial score (nSPS) is 11.5. The monoisotopic (exact) mass is 391 g/mol. The van der Waals surface area contributed by atoms with Crippen molar-refractivity contribution in [3.63, 3.8) is 0 Å². The van der Waals surface area contributed by atoms with Crippen LogP contribution in [0.25, 0.3) is 5.69 Å². The van der Waals surface area contributed by atoms with Gasteiger partial charge in [-0.15, -0.1) is 0 Å². The van der Waals surface area contributed by atoms with Gasteiger partial charge in [-0.05, 0) is 37.3 Å². The van der Waals surface area contributed by atoms with Crippen LogP contribution in [0.1, 0.15) is 11.3 Å². The van der Waals surface area contributed by atoms with E-state index < -0.39 is 6.61 Å². The third-order valence-electron chi connectivity index (χ3n) is 4.04. The van der Waals surface area contributed by atoms with E-state index in [1.807, 2.05) is 18.2 Å². The Morgan fingerprint density at radius 1 is 1.19 bits per heavy atom. The molecule has 1 heterocycles. The molecule has 0 atom stereocenters. The quantitative estimate of drug-likeness (QED) is 0.602. The lowest BCUT2D eigenvalue weighted by molar-refractivity contribution is -0.0499. The Bertz CT molecular complexity index is 1040. The molecule has 0 bridgehead atoms. The van der Waals surface area contributed by atoms with Gasteiger partial charge in [0.25, 0.3) is 5.56 Å². The number of ether oxygens (including phenoxy) is 1. The van der Waals surface area contributed by atoms with Gasteiger partial charge in [0.1, 0.15) is 5.75 Å². The van der Waals surface area contributed by atoms with E-state index in [0.717, 1.165) is 0 Å². The smallest absolute Gasteiger partial charge is 0.387 e. The van der Waals surface area contributed by atoms with Crippen LogP contribution in [-0.2, 0) is 7.05 Å². The summed E-state index contributed by atoms with van der Waals surface area (Å²) in [5.41, 5.74) is 1.44. The third kappa shape index (κ3) is 3.93. The summed E-state index contributed by atoms with van der Waals surface area (Å²) in [7, 11) is 1.74. The maximum Gasteiger partial charge on any atom is 0.387 e. The Balaban J connectivity index is 2.05. The first-order valence-electron chi connectivity index (χ1n) is 8.01. The van der Waals surface area contributed by atoms with E-state index in [1.54, 1.807) is 30.8 Å². The summed E-state index contributed by atoms with van der Waals surface area (Å²) in [5, 5.41) is 0.338. The zero-order valence-corrected chi connectivity index (χ0v) is 15.3. The molecule has 0 saturated heterocycles. The van der Waals surface area contributed by atoms with E-state index in [9.17, 15) is 13.6 Å². The number of aromatic nitrogens is 2. The van der Waals surface area contributed by atoms with Gasteiger partial charge in [-0.1, -0.05) is 29.8 Å². The lowest BCUT2D eigenvalue weighted by atomic mass is 10.2. The first kappa shape index (κ1) is 18.8. The Labute approximate surface area is 159 Å². The highest BCUT2D eigenvalue weighted by atomic mass is 35.5. The number of halogens is 3. The molecule has 0 aliphatic rings. The van der Waals surface area contributed by atoms with Gasteiger partial charge in [0.2, 0.25) is 0 Å². The molecule has 0 amide bonds. The third-order valence-corrected chi connectivity index (χ3v) is 4.28. The molecule has 140 valence electrons. The standard InChI is InChI=1S/C19H16ClF2N3O2/c1-12-17(18(26)25(24(12)2)15-6-4-3-5-7-15)23-11-13-10-14(20)8-9-16(13)27-19(21)22/h3-11,19H,1-2H3. The van der Waals surface area contributed by atoms with Crippen LogP contribution in [0.3, 0.4) is 0 Å². The Morgan fingerprint density at radius 3 is 2.56 bits per heavy atom. The Hall–Kier alpha value is -2.93. The van der Waals surface area contributed by atoms with Crippen LogP contribution in [0.2, 0.25) is 5.02 Å². The number of rotatable bonds is 5. The van der Waals surface area contributed by atoms with Gasteiger partial charge >= 0.3 is 6.61 Å². The number of aliphatic imine (C=N–C) groups is 1. The van der Waals surface area contributed by atoms with Crippen molar-refractivity contribution >= 4 is 23.5 Å². The zero-order chi connectivity index (χ0) is 19.6. The predicted octanol–water partition coefficient (Wildman–Crippen LogP) is 4.49. The highest BCUT2D eigenvalue weighted by Gasteiger charge is 2.15. The second-order valence-electron chi connectivity index (χ2n) is 5.73. The largest absolute Gasteiger partial charge is 0.434 e. The van der Waals surface area contributed by atoms with Crippen LogP contribution in [0.5, 0.6) is 5.75 Å². The van der Waals surface area contributed by atoms with Gasteiger partial charge in [-0.3, -0.25) is 9.48 Å². The summed E-state index contributed by atoms with van der Waals surface area (Å²) in [4.78, 5) is 17.0. The number of benzene rings is 2. The van der Waals surface area contributed by atoms with Crippen molar-refractivity contribution in [3.8, 4) is 11.4 Å². The lowest BCUT2D eigenvalue weighted by Crippen LogP contribution is -2.19. The first-order chi connectivity index (χ1) is 12.9. The molecule has 3 aromatic rings. The van der Waals surface area contributed by atoms with Crippen LogP contribution in [-0.4, -0.2) is 22.2 Å². The average Bonchev–Trinajstić information content (AvgIpc) is 2.85. The minimum absolute atomic E-state index is 0.0740. The fourth-order valence-corrected chi connectivity index (χ4v) is 2.84. The summed E-state index contributed by atoms with van der Waals surface area (Å²) in [5.74, 6) is -0.0740. The van der Waals surface area contributed by atoms with Gasteiger partial charge in [0.15, 0.2) is 5.69 Å². The minimum atomic E-state index is -2.98. The van der Waals surface area contributed by atoms with Gasteiger partial charge < -0.3 is 4.74 Å². The van der Waals surface area contributed by atoms with Crippen molar-refractivity contribution in [2.45, 2.75) is 13.5 Å². The molecular formula is C19H16ClF2N3O2. The van der Waals surface area contributed by atoms with Gasteiger partial charge in [-0.25, -0.2) is 9.67 Å². The first-order valence-corrected chi connectivity index (χ1v) is 8.38. The number of alkyl halides is 2. The van der Waals surface area contributed by atoms with E-state index in [-0.39, 0.29) is 22.6 Å². The summed E-state index contributed by atoms with van der Waals surface area (Å²) < 4.78 is 32.8. The average molecular weight is 392 g/mol. The Kier molecular flexibility index (Phi) is 5.41. The van der Waals surface area contributed by atoms with E-state index in [4.69, 9.17) is 11.6 Å². The second kappa shape index (κ2) is 7.75. The summed E-state index contributed by atoms with van der Waals surface area (Å²) in [6.45, 7) is -1.23. The molecule has 5 nitrogen and oxygen atoms in total. The molecule has 0 N–H and O–H groups in total. The van der Waals surface area contributed by atoms with E-state index in [1.165, 1.54) is 29.1 Å². The number of hydrogen-bond acceptors (Lipinski definition) is 3. The van der Waals surface area contributed by atoms with Gasteiger partial charge in [-0.2, -0.15) is 8.78 Å². The van der Waals surface area contributed by atoms with Crippen LogP contribution >= 0.6 is 11.6 Å². The molecule has 0 unspecified atom stereocenters. The molecule has 0 saturated carbocycles. The van der Waals surface area contributed by atoms with Crippen molar-refractivity contribution in [2.24, 2.45) is 12.0 Å². The number of hydrogen-bond donors (Lipinski definition) is 0. The van der Waals surface area contributed by atoms with Crippen molar-refractivity contribution < 1.29 is 13.5 Å². The van der Waals surface area contributed by atoms with Gasteiger partial charge in [0.05, 0.1) is 11.4 Å². The minimum Gasteiger partial charge on any atom is -0.434 e. The fourth-order valence-electron chi connectivity index (χ4n) is 2.66. The second-order valence-corrected chi connectivity index (χ2v) is 6.17. The highest BCUT2D eigenvalue weighted by molar-refractivity contribution is 6.30. The zero-order valence-electron chi connectivity index (χ0n) is 14.6. The van der Waals surface area contributed by atoms with Crippen LogP contribution in [0, 0.1) is 6.92 Å². The molecule has 0 radical (unpaired) electrons. The van der Waals surface area contributed by atoms with Gasteiger partial charge in [0, 0.05) is 23.8 Å². The topological polar surface area (TPSA) is 48.5 Å². The molecule has 1 aromatic heterocycles. The molecule has 27 heavy (non-hydrogen) atoms. The van der Waals surface area contributed by atoms with E-state index in [2.05, 4.69) is 9.73 Å². The molecule has 0 aliphatic carbocycles. The van der Waals surface area contributed by atoms with Crippen LogP contribution in [0.15, 0.2) is 58.3 Å². The van der Waals surface area contributed by atoms with E-state index in [0.29, 0.717) is 16.4 Å². The molecular weight excluding hydrogens is 376 g/mol. The highest BCUT2D eigenvalue weighted by Crippen LogP contribution is 2.24. The van der Waals surface area contributed by atoms with Crippen molar-refractivity contribution in [1.29, 1.82) is 0 Å².